The van der Waals surface area contributed by atoms with Crippen LogP contribution in [0, 0.1) is 48.5 Å². The van der Waals surface area contributed by atoms with Gasteiger partial charge in [0.2, 0.25) is 17.1 Å². The average Bonchev–Trinajstić information content (AvgIpc) is 1.63. The van der Waals surface area contributed by atoms with Crippen LogP contribution in [0.5, 0.6) is 0 Å². The lowest BCUT2D eigenvalue weighted by Gasteiger charge is -2.10. The van der Waals surface area contributed by atoms with Crippen molar-refractivity contribution >= 4 is 98.1 Å². The van der Waals surface area contributed by atoms with Gasteiger partial charge in [-0.1, -0.05) is 170 Å². The molecule has 0 fully saturated rings. The molecule has 0 aliphatic heterocycles. The molecule has 12 aromatic carbocycles. The van der Waals surface area contributed by atoms with Gasteiger partial charge < -0.3 is 13.3 Å². The van der Waals surface area contributed by atoms with E-state index in [2.05, 4.69) is 351 Å². The molecule has 97 heavy (non-hydrogen) atoms. The minimum atomic E-state index is 0.929. The van der Waals surface area contributed by atoms with E-state index in [0.29, 0.717) is 0 Å². The van der Waals surface area contributed by atoms with Crippen molar-refractivity contribution in [2.75, 3.05) is 0 Å². The van der Waals surface area contributed by atoms with Crippen molar-refractivity contribution in [2.24, 2.45) is 21.1 Å². The Morgan fingerprint density at radius 2 is 0.598 bits per heavy atom. The SMILES string of the molecule is Cc1c[n+](C)c(-c2cc3oc4cc(C)c5ccccc5c4c3cc2C)cc1-c1ccccc1.Cc1c[n+](C)c(-c2cc3oc4ccc5ccccc5c4c3cc2C)cc1-c1ccccc1.Cc1cc2c(cc1-c1cc(-c3ccccc3)cc[n+]1C)oc1cc(C)c3ccccc3c12. The van der Waals surface area contributed by atoms with Gasteiger partial charge in [0.1, 0.15) is 54.6 Å². The molecule has 0 spiro atoms. The quantitative estimate of drug-likeness (QED) is 0.156. The van der Waals surface area contributed by atoms with Gasteiger partial charge in [-0.05, 0) is 197 Å². The van der Waals surface area contributed by atoms with Crippen molar-refractivity contribution in [3.05, 3.63) is 306 Å². The molecule has 0 saturated carbocycles. The summed E-state index contributed by atoms with van der Waals surface area (Å²) >= 11 is 0. The van der Waals surface area contributed by atoms with Gasteiger partial charge in [-0.3, -0.25) is 0 Å². The van der Waals surface area contributed by atoms with Gasteiger partial charge in [0.25, 0.3) is 0 Å². The van der Waals surface area contributed by atoms with E-state index in [1.54, 1.807) is 0 Å². The zero-order valence-corrected chi connectivity index (χ0v) is 56.5. The minimum absolute atomic E-state index is 0.929. The Morgan fingerprint density at radius 3 is 1.05 bits per heavy atom. The van der Waals surface area contributed by atoms with E-state index in [1.807, 2.05) is 0 Å². The highest BCUT2D eigenvalue weighted by atomic mass is 16.3. The van der Waals surface area contributed by atoms with E-state index in [9.17, 15) is 0 Å². The number of aryl methyl sites for hydroxylation is 10. The summed E-state index contributed by atoms with van der Waals surface area (Å²) in [6.07, 6.45) is 6.57. The van der Waals surface area contributed by atoms with E-state index in [4.69, 9.17) is 13.3 Å². The predicted octanol–water partition coefficient (Wildman–Crippen LogP) is 22.9. The van der Waals surface area contributed by atoms with Crippen molar-refractivity contribution < 1.29 is 27.0 Å². The maximum absolute atomic E-state index is 6.43. The van der Waals surface area contributed by atoms with Gasteiger partial charge in [0.15, 0.2) is 18.6 Å². The number of aromatic nitrogens is 3. The third-order valence-electron chi connectivity index (χ3n) is 20.0. The van der Waals surface area contributed by atoms with Crippen LogP contribution in [-0.4, -0.2) is 0 Å². The third-order valence-corrected chi connectivity index (χ3v) is 20.0. The van der Waals surface area contributed by atoms with Crippen LogP contribution in [0.15, 0.2) is 281 Å². The fourth-order valence-corrected chi connectivity index (χ4v) is 15.1. The minimum Gasteiger partial charge on any atom is -0.456 e. The van der Waals surface area contributed by atoms with Gasteiger partial charge in [-0.25, -0.2) is 13.7 Å². The standard InChI is InChI=1S/C31H26NO.2C30H24NO/c1-19-14-27-29(33-30-15-20(2)23-12-8-9-13-24(23)31(27)30)17-26(19)28-16-25(21(3)18-32(28)4)22-10-6-5-7-11-22;1-19-15-26-29(32-28-14-13-22-11-7-8-12-23(22)30(26)28)17-25(19)27-16-24(20(2)18-31(27)3)21-9-5-4-6-10-21;1-19-15-26-28(32-29-16-20(2)23-11-7-8-12-24(23)30(26)29)18-25(19)27-17-22(13-14-31(27)3)21-9-5-4-6-10-21/h5-18H,1-4H3;2*4-18H,1-3H3/q3*+1. The summed E-state index contributed by atoms with van der Waals surface area (Å²) in [5.41, 5.74) is 28.9. The first-order valence-corrected chi connectivity index (χ1v) is 33.4. The molecular formula is C91H74N3O3+3. The van der Waals surface area contributed by atoms with Crippen LogP contribution in [0.1, 0.15) is 38.9 Å². The second-order valence-electron chi connectivity index (χ2n) is 26.4. The molecule has 468 valence electrons. The van der Waals surface area contributed by atoms with E-state index in [0.717, 1.165) is 33.5 Å². The van der Waals surface area contributed by atoms with Gasteiger partial charge in [0.05, 0.1) is 16.7 Å². The number of fused-ring (bicyclic) bond motifs is 15. The van der Waals surface area contributed by atoms with Crippen molar-refractivity contribution in [3.8, 4) is 67.2 Å². The summed E-state index contributed by atoms with van der Waals surface area (Å²) in [4.78, 5) is 0. The fraction of sp³-hybridized carbons (Fsp3) is 0.110. The average molecular weight is 1260 g/mol. The van der Waals surface area contributed by atoms with Crippen molar-refractivity contribution in [3.63, 3.8) is 0 Å². The number of hydrogen-bond acceptors (Lipinski definition) is 3. The number of pyridine rings is 3. The topological polar surface area (TPSA) is 51.1 Å². The molecule has 6 aromatic heterocycles. The van der Waals surface area contributed by atoms with E-state index < -0.39 is 0 Å². The third kappa shape index (κ3) is 10.7. The molecule has 0 aliphatic rings. The number of benzene rings is 12. The molecule has 0 saturated heterocycles. The van der Waals surface area contributed by atoms with E-state index >= 15 is 0 Å². The number of hydrogen-bond donors (Lipinski definition) is 0. The van der Waals surface area contributed by atoms with Gasteiger partial charge in [0, 0.05) is 67.7 Å². The molecule has 18 aromatic rings. The summed E-state index contributed by atoms with van der Waals surface area (Å²) in [6, 6.07) is 88.6. The smallest absolute Gasteiger partial charge is 0.213 e. The van der Waals surface area contributed by atoms with Crippen molar-refractivity contribution in [1.82, 2.24) is 0 Å². The van der Waals surface area contributed by atoms with Crippen LogP contribution >= 0.6 is 0 Å². The van der Waals surface area contributed by atoms with Crippen LogP contribution in [-0.2, 0) is 21.1 Å². The van der Waals surface area contributed by atoms with Crippen LogP contribution in [0.3, 0.4) is 0 Å². The molecule has 0 bridgehead atoms. The molecule has 0 atom stereocenters. The predicted molar refractivity (Wildman–Crippen MR) is 403 cm³/mol. The Morgan fingerprint density at radius 1 is 0.227 bits per heavy atom. The van der Waals surface area contributed by atoms with Crippen LogP contribution in [0.25, 0.3) is 165 Å². The Bertz CT molecular complexity index is 6170. The molecule has 0 unspecified atom stereocenters. The molecule has 0 N–H and O–H groups in total. The summed E-state index contributed by atoms with van der Waals surface area (Å²) in [5, 5.41) is 14.7. The lowest BCUT2D eigenvalue weighted by molar-refractivity contribution is -0.660. The maximum Gasteiger partial charge on any atom is 0.213 e. The normalized spacial score (nSPS) is 11.6. The Balaban J connectivity index is 0.000000114. The fourth-order valence-electron chi connectivity index (χ4n) is 15.1. The zero-order valence-electron chi connectivity index (χ0n) is 56.5. The number of nitrogens with zero attached hydrogens (tertiary/aromatic N) is 3. The van der Waals surface area contributed by atoms with Gasteiger partial charge in [-0.2, -0.15) is 0 Å². The summed E-state index contributed by atoms with van der Waals surface area (Å²) in [6.45, 7) is 15.2. The Hall–Kier alpha value is -11.7. The van der Waals surface area contributed by atoms with E-state index in [1.165, 1.54) is 171 Å². The summed E-state index contributed by atoms with van der Waals surface area (Å²) < 4.78 is 25.8. The Labute approximate surface area is 564 Å². The summed E-state index contributed by atoms with van der Waals surface area (Å²) in [7, 11) is 6.34. The van der Waals surface area contributed by atoms with Crippen LogP contribution < -0.4 is 13.7 Å². The number of furan rings is 3. The first-order valence-electron chi connectivity index (χ1n) is 33.4. The van der Waals surface area contributed by atoms with Gasteiger partial charge in [-0.15, -0.1) is 0 Å². The first-order chi connectivity index (χ1) is 47.2. The highest BCUT2D eigenvalue weighted by molar-refractivity contribution is 6.22. The van der Waals surface area contributed by atoms with E-state index in [-0.39, 0.29) is 0 Å². The van der Waals surface area contributed by atoms with Crippen LogP contribution in [0.4, 0.5) is 0 Å². The monoisotopic (exact) mass is 1260 g/mol. The molecule has 6 heteroatoms. The van der Waals surface area contributed by atoms with Gasteiger partial charge >= 0.3 is 0 Å². The molecule has 18 rings (SSSR count). The van der Waals surface area contributed by atoms with Crippen molar-refractivity contribution in [1.29, 1.82) is 0 Å². The Kier molecular flexibility index (Phi) is 15.0. The van der Waals surface area contributed by atoms with Crippen molar-refractivity contribution in [2.45, 2.75) is 48.5 Å². The number of rotatable bonds is 6. The molecule has 6 nitrogen and oxygen atoms in total. The zero-order chi connectivity index (χ0) is 66.3. The second-order valence-corrected chi connectivity index (χ2v) is 26.4. The molecule has 0 aliphatic carbocycles. The lowest BCUT2D eigenvalue weighted by Crippen LogP contribution is -2.31. The lowest BCUT2D eigenvalue weighted by atomic mass is 9.95. The largest absolute Gasteiger partial charge is 0.456 e. The first kappa shape index (κ1) is 60.2. The van der Waals surface area contributed by atoms with Crippen LogP contribution in [0.2, 0.25) is 0 Å². The molecule has 0 radical (unpaired) electrons. The molecule has 0 amide bonds. The molecular weight excluding hydrogens is 1180 g/mol. The summed E-state index contributed by atoms with van der Waals surface area (Å²) in [5.74, 6) is 0. The molecule has 6 heterocycles. The second kappa shape index (κ2) is 24.2. The highest BCUT2D eigenvalue weighted by Gasteiger charge is 2.24. The highest BCUT2D eigenvalue weighted by Crippen LogP contribution is 2.43. The maximum atomic E-state index is 6.43.